The number of pyridine rings is 1. The summed E-state index contributed by atoms with van der Waals surface area (Å²) in [5, 5.41) is 3.73. The average Bonchev–Trinajstić information content (AvgIpc) is 3.12. The van der Waals surface area contributed by atoms with Gasteiger partial charge in [0.25, 0.3) is 5.56 Å². The van der Waals surface area contributed by atoms with Crippen LogP contribution in [0.4, 0.5) is 26.3 Å². The summed E-state index contributed by atoms with van der Waals surface area (Å²) in [6.45, 7) is 0. The number of rotatable bonds is 4. The number of aromatic amines is 1. The second kappa shape index (κ2) is 7.66. The molecule has 0 unspecified atom stereocenters. The van der Waals surface area contributed by atoms with Crippen molar-refractivity contribution in [1.29, 1.82) is 0 Å². The fourth-order valence-corrected chi connectivity index (χ4v) is 3.07. The van der Waals surface area contributed by atoms with E-state index in [0.29, 0.717) is 0 Å². The van der Waals surface area contributed by atoms with Gasteiger partial charge in [0.05, 0.1) is 23.6 Å². The van der Waals surface area contributed by atoms with Crippen LogP contribution < -0.4 is 10.3 Å². The third-order valence-electron chi connectivity index (χ3n) is 4.38. The smallest absolute Gasteiger partial charge is 0.405 e. The zero-order chi connectivity index (χ0) is 23.1. The Hall–Kier alpha value is -3.90. The van der Waals surface area contributed by atoms with Gasteiger partial charge in [0.1, 0.15) is 17.0 Å². The predicted molar refractivity (Wildman–Crippen MR) is 98.2 cm³/mol. The van der Waals surface area contributed by atoms with Crippen molar-refractivity contribution in [2.24, 2.45) is 0 Å². The van der Waals surface area contributed by atoms with E-state index in [0.717, 1.165) is 35.4 Å². The van der Waals surface area contributed by atoms with Gasteiger partial charge in [-0.2, -0.15) is 18.3 Å². The Morgan fingerprint density at radius 1 is 1.03 bits per heavy atom. The molecule has 1 aromatic carbocycles. The first-order chi connectivity index (χ1) is 15.0. The number of alkyl halides is 6. The number of benzene rings is 1. The summed E-state index contributed by atoms with van der Waals surface area (Å²) in [7, 11) is 0. The molecule has 0 saturated heterocycles. The van der Waals surface area contributed by atoms with Crippen molar-refractivity contribution in [3.63, 3.8) is 0 Å². The van der Waals surface area contributed by atoms with E-state index in [9.17, 15) is 31.1 Å². The fraction of sp³-hybridized carbons (Fsp3) is 0.158. The highest BCUT2D eigenvalue weighted by atomic mass is 19.4. The van der Waals surface area contributed by atoms with Crippen molar-refractivity contribution in [2.45, 2.75) is 19.0 Å². The lowest BCUT2D eigenvalue weighted by Crippen LogP contribution is -2.19. The number of aromatic nitrogens is 5. The third-order valence-corrected chi connectivity index (χ3v) is 4.38. The molecule has 0 aliphatic heterocycles. The van der Waals surface area contributed by atoms with Gasteiger partial charge in [-0.3, -0.25) is 9.78 Å². The maximum Gasteiger partial charge on any atom is 0.573 e. The van der Waals surface area contributed by atoms with E-state index < -0.39 is 35.1 Å². The van der Waals surface area contributed by atoms with E-state index in [-0.39, 0.29) is 28.8 Å². The summed E-state index contributed by atoms with van der Waals surface area (Å²) in [6.07, 6.45) is -7.03. The van der Waals surface area contributed by atoms with Crippen LogP contribution in [0, 0.1) is 0 Å². The molecule has 7 nitrogen and oxygen atoms in total. The maximum absolute atomic E-state index is 13.4. The quantitative estimate of drug-likeness (QED) is 0.470. The van der Waals surface area contributed by atoms with Crippen molar-refractivity contribution in [3.05, 3.63) is 76.2 Å². The summed E-state index contributed by atoms with van der Waals surface area (Å²) < 4.78 is 83.0. The Bertz CT molecular complexity index is 1340. The average molecular weight is 455 g/mol. The first-order valence-corrected chi connectivity index (χ1v) is 8.85. The Balaban J connectivity index is 1.81. The molecule has 3 aromatic heterocycles. The summed E-state index contributed by atoms with van der Waals surface area (Å²) >= 11 is 0. The molecule has 0 spiro atoms. The van der Waals surface area contributed by atoms with Gasteiger partial charge in [-0.15, -0.1) is 13.2 Å². The van der Waals surface area contributed by atoms with E-state index in [1.807, 2.05) is 0 Å². The number of nitrogens with one attached hydrogen (secondary N) is 1. The van der Waals surface area contributed by atoms with Gasteiger partial charge in [0.15, 0.2) is 5.65 Å². The van der Waals surface area contributed by atoms with Gasteiger partial charge in [-0.05, 0) is 12.1 Å². The zero-order valence-corrected chi connectivity index (χ0v) is 15.7. The number of para-hydroxylation sites is 1. The Kier molecular flexibility index (Phi) is 5.11. The second-order valence-corrected chi connectivity index (χ2v) is 6.53. The summed E-state index contributed by atoms with van der Waals surface area (Å²) in [5.74, 6) is -0.595. The lowest BCUT2D eigenvalue weighted by molar-refractivity contribution is -0.274. The molecule has 166 valence electrons. The predicted octanol–water partition coefficient (Wildman–Crippen LogP) is 4.01. The molecule has 32 heavy (non-hydrogen) atoms. The first kappa shape index (κ1) is 21.3. The largest absolute Gasteiger partial charge is 0.573 e. The standard InChI is InChI=1S/C19H11F6N5O2/c20-18(21,22)12-5-6-26-9-13(12)30-16-11(8-27-30)17(31)29-15(28-16)7-10-3-1-2-4-14(10)32-19(23,24)25/h1-6,8-9H,7H2,(H,28,29,31). The van der Waals surface area contributed by atoms with Crippen LogP contribution in [0.3, 0.4) is 0 Å². The Morgan fingerprint density at radius 3 is 2.50 bits per heavy atom. The first-order valence-electron chi connectivity index (χ1n) is 8.85. The Morgan fingerprint density at radius 2 is 1.78 bits per heavy atom. The van der Waals surface area contributed by atoms with Gasteiger partial charge < -0.3 is 9.72 Å². The SMILES string of the molecule is O=c1[nH]c(Cc2ccccc2OC(F)(F)F)nc2c1cnn2-c1cnccc1C(F)(F)F. The highest BCUT2D eigenvalue weighted by Crippen LogP contribution is 2.34. The van der Waals surface area contributed by atoms with Crippen LogP contribution in [0.25, 0.3) is 16.7 Å². The van der Waals surface area contributed by atoms with Gasteiger partial charge in [0, 0.05) is 18.2 Å². The third kappa shape index (κ3) is 4.26. The molecular weight excluding hydrogens is 444 g/mol. The van der Waals surface area contributed by atoms with Crippen molar-refractivity contribution >= 4 is 11.0 Å². The lowest BCUT2D eigenvalue weighted by Gasteiger charge is -2.13. The molecule has 0 aliphatic rings. The minimum absolute atomic E-state index is 0.0516. The lowest BCUT2D eigenvalue weighted by atomic mass is 10.1. The van der Waals surface area contributed by atoms with Crippen LogP contribution in [-0.2, 0) is 12.6 Å². The molecular formula is C19H11F6N5O2. The van der Waals surface area contributed by atoms with Gasteiger partial charge in [0.2, 0.25) is 0 Å². The van der Waals surface area contributed by atoms with E-state index in [1.54, 1.807) is 0 Å². The highest BCUT2D eigenvalue weighted by Gasteiger charge is 2.35. The van der Waals surface area contributed by atoms with Crippen LogP contribution >= 0.6 is 0 Å². The minimum atomic E-state index is -4.94. The van der Waals surface area contributed by atoms with Crippen molar-refractivity contribution in [3.8, 4) is 11.4 Å². The second-order valence-electron chi connectivity index (χ2n) is 6.53. The molecule has 3 heterocycles. The summed E-state index contributed by atoms with van der Waals surface area (Å²) in [5.41, 5.74) is -2.39. The number of fused-ring (bicyclic) bond motifs is 1. The fourth-order valence-electron chi connectivity index (χ4n) is 3.07. The number of hydrogen-bond donors (Lipinski definition) is 1. The van der Waals surface area contributed by atoms with Crippen LogP contribution in [-0.4, -0.2) is 31.1 Å². The van der Waals surface area contributed by atoms with E-state index in [1.165, 1.54) is 18.2 Å². The molecule has 13 heteroatoms. The molecule has 0 radical (unpaired) electrons. The molecule has 0 amide bonds. The van der Waals surface area contributed by atoms with Gasteiger partial charge in [-0.25, -0.2) is 9.67 Å². The van der Waals surface area contributed by atoms with Crippen molar-refractivity contribution < 1.29 is 31.1 Å². The minimum Gasteiger partial charge on any atom is -0.405 e. The molecule has 0 fully saturated rings. The number of halogens is 6. The van der Waals surface area contributed by atoms with Crippen LogP contribution in [0.5, 0.6) is 5.75 Å². The number of ether oxygens (including phenoxy) is 1. The zero-order valence-electron chi connectivity index (χ0n) is 15.7. The molecule has 0 saturated carbocycles. The maximum atomic E-state index is 13.4. The monoisotopic (exact) mass is 455 g/mol. The van der Waals surface area contributed by atoms with Gasteiger partial charge in [-0.1, -0.05) is 18.2 Å². The van der Waals surface area contributed by atoms with Crippen LogP contribution in [0.2, 0.25) is 0 Å². The number of hydrogen-bond acceptors (Lipinski definition) is 5. The topological polar surface area (TPSA) is 85.7 Å². The molecule has 4 aromatic rings. The number of H-pyrrole nitrogens is 1. The van der Waals surface area contributed by atoms with Crippen molar-refractivity contribution in [1.82, 2.24) is 24.7 Å². The van der Waals surface area contributed by atoms with Crippen LogP contribution in [0.1, 0.15) is 17.0 Å². The highest BCUT2D eigenvalue weighted by molar-refractivity contribution is 5.75. The Labute approximate surface area is 174 Å². The summed E-state index contributed by atoms with van der Waals surface area (Å²) in [6, 6.07) is 5.98. The summed E-state index contributed by atoms with van der Waals surface area (Å²) in [4.78, 5) is 22.7. The molecule has 0 atom stereocenters. The van der Waals surface area contributed by atoms with Crippen molar-refractivity contribution in [2.75, 3.05) is 0 Å². The molecule has 1 N–H and O–H groups in total. The van der Waals surface area contributed by atoms with Gasteiger partial charge >= 0.3 is 12.5 Å². The molecule has 0 bridgehead atoms. The van der Waals surface area contributed by atoms with Crippen LogP contribution in [0.15, 0.2) is 53.7 Å². The molecule has 4 rings (SSSR count). The normalized spacial score (nSPS) is 12.3. The molecule has 0 aliphatic carbocycles. The number of nitrogens with zero attached hydrogens (tertiary/aromatic N) is 4. The van der Waals surface area contributed by atoms with E-state index >= 15 is 0 Å². The van der Waals surface area contributed by atoms with E-state index in [4.69, 9.17) is 0 Å². The van der Waals surface area contributed by atoms with E-state index in [2.05, 4.69) is 24.8 Å².